The van der Waals surface area contributed by atoms with Crippen molar-refractivity contribution in [3.63, 3.8) is 0 Å². The Hall–Kier alpha value is -1.16. The molecule has 0 aromatic heterocycles. The molecule has 1 heterocycles. The van der Waals surface area contributed by atoms with Crippen LogP contribution < -0.4 is 11.3 Å². The van der Waals surface area contributed by atoms with Crippen molar-refractivity contribution in [2.45, 2.75) is 26.0 Å². The van der Waals surface area contributed by atoms with E-state index in [1.807, 2.05) is 13.8 Å². The van der Waals surface area contributed by atoms with Crippen molar-refractivity contribution < 1.29 is 9.53 Å². The predicted molar refractivity (Wildman–Crippen MR) is 57.9 cm³/mol. The Morgan fingerprint density at radius 1 is 1.69 bits per heavy atom. The van der Waals surface area contributed by atoms with Crippen LogP contribution in [0.15, 0.2) is 0 Å². The largest absolute Gasteiger partial charge is 0.361 e. The van der Waals surface area contributed by atoms with Crippen molar-refractivity contribution in [1.82, 2.24) is 10.3 Å². The molecule has 16 heavy (non-hydrogen) atoms. The van der Waals surface area contributed by atoms with Gasteiger partial charge in [0.2, 0.25) is 5.91 Å². The molecular formula is C10H18N4O2. The van der Waals surface area contributed by atoms with E-state index < -0.39 is 6.10 Å². The van der Waals surface area contributed by atoms with Gasteiger partial charge in [0.1, 0.15) is 0 Å². The molecule has 3 unspecified atom stereocenters. The average Bonchev–Trinajstić information content (AvgIpc) is 2.36. The summed E-state index contributed by atoms with van der Waals surface area (Å²) in [5.74, 6) is 4.71. The lowest BCUT2D eigenvalue weighted by Crippen LogP contribution is -2.51. The van der Waals surface area contributed by atoms with Gasteiger partial charge in [-0.3, -0.25) is 15.1 Å². The van der Waals surface area contributed by atoms with E-state index in [1.54, 1.807) is 0 Å². The lowest BCUT2D eigenvalue weighted by atomic mass is 10.0. The van der Waals surface area contributed by atoms with Crippen LogP contribution in [0.25, 0.3) is 0 Å². The topological polar surface area (TPSA) is 91.4 Å². The second-order valence-corrected chi connectivity index (χ2v) is 4.02. The van der Waals surface area contributed by atoms with Gasteiger partial charge in [0.05, 0.1) is 18.6 Å². The standard InChI is InChI=1S/C10H18N4O2/c1-7(10(15)13-12)8(2)14-3-4-16-9(5-11)6-14/h7-9H,3-4,6,12H2,1-2H3,(H,13,15). The number of nitriles is 1. The molecule has 0 aromatic rings. The van der Waals surface area contributed by atoms with Crippen LogP contribution in [0.5, 0.6) is 0 Å². The maximum Gasteiger partial charge on any atom is 0.238 e. The number of hydrogen-bond acceptors (Lipinski definition) is 5. The third kappa shape index (κ3) is 2.92. The molecule has 1 aliphatic heterocycles. The van der Waals surface area contributed by atoms with E-state index in [0.29, 0.717) is 13.2 Å². The number of hydrazine groups is 1. The van der Waals surface area contributed by atoms with Gasteiger partial charge in [-0.2, -0.15) is 5.26 Å². The van der Waals surface area contributed by atoms with Crippen molar-refractivity contribution >= 4 is 5.91 Å². The molecule has 6 heteroatoms. The lowest BCUT2D eigenvalue weighted by molar-refractivity contribution is -0.127. The van der Waals surface area contributed by atoms with E-state index in [4.69, 9.17) is 15.8 Å². The summed E-state index contributed by atoms with van der Waals surface area (Å²) < 4.78 is 5.25. The first-order valence-electron chi connectivity index (χ1n) is 5.36. The van der Waals surface area contributed by atoms with E-state index in [0.717, 1.165) is 6.54 Å². The van der Waals surface area contributed by atoms with Crippen LogP contribution in [0.1, 0.15) is 13.8 Å². The Morgan fingerprint density at radius 3 is 2.94 bits per heavy atom. The zero-order valence-corrected chi connectivity index (χ0v) is 9.64. The minimum Gasteiger partial charge on any atom is -0.361 e. The molecule has 0 saturated carbocycles. The molecule has 0 spiro atoms. The predicted octanol–water partition coefficient (Wildman–Crippen LogP) is -0.775. The number of carbonyl (C=O) groups excluding carboxylic acids is 1. The van der Waals surface area contributed by atoms with E-state index in [9.17, 15) is 4.79 Å². The third-order valence-electron chi connectivity index (χ3n) is 3.10. The Bertz CT molecular complexity index is 289. The lowest BCUT2D eigenvalue weighted by Gasteiger charge is -2.36. The molecule has 3 atom stereocenters. The zero-order chi connectivity index (χ0) is 12.1. The first kappa shape index (κ1) is 12.9. The number of rotatable bonds is 3. The van der Waals surface area contributed by atoms with Gasteiger partial charge in [-0.25, -0.2) is 5.84 Å². The van der Waals surface area contributed by atoms with Crippen molar-refractivity contribution in [2.75, 3.05) is 19.7 Å². The molecule has 0 bridgehead atoms. The van der Waals surface area contributed by atoms with Crippen molar-refractivity contribution in [3.05, 3.63) is 0 Å². The summed E-state index contributed by atoms with van der Waals surface area (Å²) in [6.45, 7) is 5.59. The van der Waals surface area contributed by atoms with Gasteiger partial charge < -0.3 is 4.74 Å². The molecule has 1 fully saturated rings. The molecule has 3 N–H and O–H groups in total. The maximum atomic E-state index is 11.4. The van der Waals surface area contributed by atoms with Crippen molar-refractivity contribution in [2.24, 2.45) is 11.8 Å². The third-order valence-corrected chi connectivity index (χ3v) is 3.10. The fourth-order valence-electron chi connectivity index (χ4n) is 1.78. The quantitative estimate of drug-likeness (QED) is 0.374. The average molecular weight is 226 g/mol. The van der Waals surface area contributed by atoms with Gasteiger partial charge in [-0.15, -0.1) is 0 Å². The number of nitrogens with two attached hydrogens (primary N) is 1. The summed E-state index contributed by atoms with van der Waals surface area (Å²) in [5.41, 5.74) is 2.15. The van der Waals surface area contributed by atoms with Crippen LogP contribution in [0, 0.1) is 17.2 Å². The Balaban J connectivity index is 2.56. The van der Waals surface area contributed by atoms with E-state index in [2.05, 4.69) is 16.4 Å². The monoisotopic (exact) mass is 226 g/mol. The second kappa shape index (κ2) is 5.80. The molecule has 90 valence electrons. The van der Waals surface area contributed by atoms with E-state index in [1.165, 1.54) is 0 Å². The molecular weight excluding hydrogens is 208 g/mol. The summed E-state index contributed by atoms with van der Waals surface area (Å²) >= 11 is 0. The van der Waals surface area contributed by atoms with Gasteiger partial charge in [0.15, 0.2) is 6.10 Å². The molecule has 0 aliphatic carbocycles. The minimum absolute atomic E-state index is 0.0447. The van der Waals surface area contributed by atoms with Crippen molar-refractivity contribution in [1.29, 1.82) is 5.26 Å². The van der Waals surface area contributed by atoms with E-state index >= 15 is 0 Å². The highest BCUT2D eigenvalue weighted by Gasteiger charge is 2.29. The SMILES string of the molecule is CC(C(=O)NN)C(C)N1CCOC(C#N)C1. The Kier molecular flexibility index (Phi) is 4.68. The van der Waals surface area contributed by atoms with Gasteiger partial charge in [0.25, 0.3) is 0 Å². The zero-order valence-electron chi connectivity index (χ0n) is 9.64. The van der Waals surface area contributed by atoms with Gasteiger partial charge in [-0.05, 0) is 6.92 Å². The second-order valence-electron chi connectivity index (χ2n) is 4.02. The first-order chi connectivity index (χ1) is 7.60. The van der Waals surface area contributed by atoms with Gasteiger partial charge in [0, 0.05) is 19.1 Å². The normalized spacial score (nSPS) is 25.5. The number of morpholine rings is 1. The Labute approximate surface area is 95.3 Å². The van der Waals surface area contributed by atoms with Crippen LogP contribution in [0.3, 0.4) is 0 Å². The Morgan fingerprint density at radius 2 is 2.38 bits per heavy atom. The number of amides is 1. The van der Waals surface area contributed by atoms with Gasteiger partial charge in [-0.1, -0.05) is 6.92 Å². The highest BCUT2D eigenvalue weighted by Crippen LogP contribution is 2.15. The fourth-order valence-corrected chi connectivity index (χ4v) is 1.78. The fraction of sp³-hybridized carbons (Fsp3) is 0.800. The van der Waals surface area contributed by atoms with Crippen LogP contribution in [0.2, 0.25) is 0 Å². The molecule has 1 rings (SSSR count). The number of nitrogens with zero attached hydrogens (tertiary/aromatic N) is 2. The summed E-state index contributed by atoms with van der Waals surface area (Å²) in [5, 5.41) is 8.78. The first-order valence-corrected chi connectivity index (χ1v) is 5.36. The molecule has 1 aliphatic rings. The molecule has 6 nitrogen and oxygen atoms in total. The van der Waals surface area contributed by atoms with Crippen molar-refractivity contribution in [3.8, 4) is 6.07 Å². The van der Waals surface area contributed by atoms with Gasteiger partial charge >= 0.3 is 0 Å². The van der Waals surface area contributed by atoms with Crippen LogP contribution in [0.4, 0.5) is 0 Å². The number of carbonyl (C=O) groups is 1. The highest BCUT2D eigenvalue weighted by atomic mass is 16.5. The smallest absolute Gasteiger partial charge is 0.238 e. The molecule has 1 amide bonds. The number of hydrogen-bond donors (Lipinski definition) is 2. The number of ether oxygens (including phenoxy) is 1. The summed E-state index contributed by atoms with van der Waals surface area (Å²) in [6.07, 6.45) is -0.399. The maximum absolute atomic E-state index is 11.4. The summed E-state index contributed by atoms with van der Waals surface area (Å²) in [7, 11) is 0. The summed E-state index contributed by atoms with van der Waals surface area (Å²) in [6, 6.07) is 2.13. The van der Waals surface area contributed by atoms with Crippen LogP contribution in [-0.4, -0.2) is 42.6 Å². The van der Waals surface area contributed by atoms with E-state index in [-0.39, 0.29) is 17.9 Å². The highest BCUT2D eigenvalue weighted by molar-refractivity contribution is 5.78. The summed E-state index contributed by atoms with van der Waals surface area (Å²) in [4.78, 5) is 13.5. The number of nitrogens with one attached hydrogen (secondary N) is 1. The molecule has 0 radical (unpaired) electrons. The van der Waals surface area contributed by atoms with Crippen LogP contribution >= 0.6 is 0 Å². The minimum atomic E-state index is -0.399. The molecule has 0 aromatic carbocycles. The molecule has 1 saturated heterocycles. The van der Waals surface area contributed by atoms with Crippen LogP contribution in [-0.2, 0) is 9.53 Å².